The van der Waals surface area contributed by atoms with E-state index >= 15 is 0 Å². The number of rotatable bonds is 4. The molecule has 0 radical (unpaired) electrons. The third-order valence-electron chi connectivity index (χ3n) is 2.42. The number of hydrogen-bond acceptors (Lipinski definition) is 5. The van der Waals surface area contributed by atoms with E-state index in [0.717, 1.165) is 0 Å². The van der Waals surface area contributed by atoms with Gasteiger partial charge in [0.15, 0.2) is 0 Å². The van der Waals surface area contributed by atoms with Crippen LogP contribution in [0.4, 0.5) is 5.69 Å². The molecule has 0 unspecified atom stereocenters. The summed E-state index contributed by atoms with van der Waals surface area (Å²) in [6.45, 7) is 1.76. The number of amides is 1. The summed E-state index contributed by atoms with van der Waals surface area (Å²) in [4.78, 5) is 12.1. The number of benzene rings is 1. The third-order valence-corrected chi connectivity index (χ3v) is 4.11. The predicted molar refractivity (Wildman–Crippen MR) is 79.2 cm³/mol. The minimum absolute atomic E-state index is 0.206. The van der Waals surface area contributed by atoms with Crippen molar-refractivity contribution in [3.63, 3.8) is 0 Å². The molecule has 0 bridgehead atoms. The van der Waals surface area contributed by atoms with Crippen LogP contribution in [0.25, 0.3) is 0 Å². The van der Waals surface area contributed by atoms with Crippen LogP contribution < -0.4 is 5.32 Å². The summed E-state index contributed by atoms with van der Waals surface area (Å²) in [6.07, 6.45) is 0. The Balaban J connectivity index is 2.04. The molecule has 1 amide bonds. The summed E-state index contributed by atoms with van der Waals surface area (Å²) < 4.78 is 1.50. The molecule has 1 N–H and O–H groups in total. The molecule has 20 heavy (non-hydrogen) atoms. The Morgan fingerprint density at radius 2 is 2.20 bits per heavy atom. The SMILES string of the molecule is C[C@H](Sc1nnnn1C)C(=O)Nc1cc(Cl)ccc1Cl. The predicted octanol–water partition coefficient (Wildman–Crippen LogP) is 2.64. The van der Waals surface area contributed by atoms with Crippen LogP contribution in [0.5, 0.6) is 0 Å². The summed E-state index contributed by atoms with van der Waals surface area (Å²) in [5.41, 5.74) is 0.479. The van der Waals surface area contributed by atoms with E-state index in [-0.39, 0.29) is 11.2 Å². The quantitative estimate of drug-likeness (QED) is 0.872. The fourth-order valence-corrected chi connectivity index (χ4v) is 2.45. The van der Waals surface area contributed by atoms with Crippen molar-refractivity contribution >= 4 is 46.6 Å². The summed E-state index contributed by atoms with van der Waals surface area (Å²) in [5, 5.41) is 14.9. The van der Waals surface area contributed by atoms with E-state index in [4.69, 9.17) is 23.2 Å². The molecule has 0 saturated heterocycles. The Hall–Kier alpha value is -1.31. The summed E-state index contributed by atoms with van der Waals surface area (Å²) in [7, 11) is 1.71. The number of halogens is 2. The zero-order chi connectivity index (χ0) is 14.7. The molecule has 9 heteroatoms. The number of carbonyl (C=O) groups is 1. The van der Waals surface area contributed by atoms with Gasteiger partial charge < -0.3 is 5.32 Å². The standard InChI is InChI=1S/C11H11Cl2N5OS/c1-6(20-11-15-16-17-18(11)2)10(19)14-9-5-7(12)3-4-8(9)13/h3-6H,1-2H3,(H,14,19)/t6-/m0/s1. The molecule has 6 nitrogen and oxygen atoms in total. The number of hydrogen-bond donors (Lipinski definition) is 1. The Morgan fingerprint density at radius 3 is 2.85 bits per heavy atom. The Labute approximate surface area is 129 Å². The minimum atomic E-state index is -0.380. The Kier molecular flexibility index (Phi) is 4.85. The average Bonchev–Trinajstić information content (AvgIpc) is 2.79. The van der Waals surface area contributed by atoms with Gasteiger partial charge >= 0.3 is 0 Å². The highest BCUT2D eigenvalue weighted by Crippen LogP contribution is 2.27. The highest BCUT2D eigenvalue weighted by Gasteiger charge is 2.18. The second-order valence-electron chi connectivity index (χ2n) is 3.96. The number of aryl methyl sites for hydroxylation is 1. The van der Waals surface area contributed by atoms with Crippen LogP contribution in [-0.2, 0) is 11.8 Å². The number of anilines is 1. The van der Waals surface area contributed by atoms with Gasteiger partial charge in [0, 0.05) is 12.1 Å². The molecule has 0 fully saturated rings. The van der Waals surface area contributed by atoms with Crippen molar-refractivity contribution in [3.05, 3.63) is 28.2 Å². The molecular weight excluding hydrogens is 321 g/mol. The lowest BCUT2D eigenvalue weighted by Crippen LogP contribution is -2.23. The lowest BCUT2D eigenvalue weighted by molar-refractivity contribution is -0.115. The first-order valence-corrected chi connectivity index (χ1v) is 7.26. The number of aromatic nitrogens is 4. The largest absolute Gasteiger partial charge is 0.324 e. The van der Waals surface area contributed by atoms with Crippen molar-refractivity contribution < 1.29 is 4.79 Å². The second kappa shape index (κ2) is 6.43. The van der Waals surface area contributed by atoms with Crippen molar-refractivity contribution in [1.82, 2.24) is 20.2 Å². The van der Waals surface area contributed by atoms with Gasteiger partial charge in [-0.1, -0.05) is 35.0 Å². The van der Waals surface area contributed by atoms with Crippen LogP contribution >= 0.6 is 35.0 Å². The maximum Gasteiger partial charge on any atom is 0.237 e. The topological polar surface area (TPSA) is 72.7 Å². The van der Waals surface area contributed by atoms with Gasteiger partial charge in [-0.15, -0.1) is 5.10 Å². The molecular formula is C11H11Cl2N5OS. The molecule has 2 aromatic rings. The molecule has 1 aromatic heterocycles. The maximum absolute atomic E-state index is 12.1. The zero-order valence-corrected chi connectivity index (χ0v) is 13.0. The van der Waals surface area contributed by atoms with Gasteiger partial charge in [0.05, 0.1) is 16.0 Å². The van der Waals surface area contributed by atoms with E-state index in [9.17, 15) is 4.79 Å². The lowest BCUT2D eigenvalue weighted by Gasteiger charge is -2.12. The summed E-state index contributed by atoms with van der Waals surface area (Å²) >= 11 is 13.1. The van der Waals surface area contributed by atoms with Gasteiger partial charge in [0.1, 0.15) is 0 Å². The molecule has 0 saturated carbocycles. The van der Waals surface area contributed by atoms with Gasteiger partial charge in [-0.05, 0) is 35.5 Å². The molecule has 0 spiro atoms. The van der Waals surface area contributed by atoms with Gasteiger partial charge in [0.25, 0.3) is 0 Å². The Bertz CT molecular complexity index is 633. The van der Waals surface area contributed by atoms with Gasteiger partial charge in [-0.25, -0.2) is 4.68 Å². The first-order valence-electron chi connectivity index (χ1n) is 5.62. The van der Waals surface area contributed by atoms with Gasteiger partial charge in [-0.3, -0.25) is 4.79 Å². The van der Waals surface area contributed by atoms with Crippen LogP contribution in [0, 0.1) is 0 Å². The van der Waals surface area contributed by atoms with Crippen molar-refractivity contribution in [2.75, 3.05) is 5.32 Å². The summed E-state index contributed by atoms with van der Waals surface area (Å²) in [6, 6.07) is 4.88. The monoisotopic (exact) mass is 331 g/mol. The van der Waals surface area contributed by atoms with Crippen LogP contribution in [0.1, 0.15) is 6.92 Å². The summed E-state index contributed by atoms with van der Waals surface area (Å²) in [5.74, 6) is -0.206. The molecule has 1 atom stereocenters. The van der Waals surface area contributed by atoms with Crippen molar-refractivity contribution in [3.8, 4) is 0 Å². The van der Waals surface area contributed by atoms with Crippen LogP contribution in [0.3, 0.4) is 0 Å². The fourth-order valence-electron chi connectivity index (χ4n) is 1.36. The molecule has 2 rings (SSSR count). The molecule has 1 heterocycles. The average molecular weight is 332 g/mol. The smallest absolute Gasteiger partial charge is 0.237 e. The number of nitrogens with one attached hydrogen (secondary N) is 1. The number of nitrogens with zero attached hydrogens (tertiary/aromatic N) is 4. The van der Waals surface area contributed by atoms with Crippen molar-refractivity contribution in [2.24, 2.45) is 7.05 Å². The highest BCUT2D eigenvalue weighted by molar-refractivity contribution is 8.00. The lowest BCUT2D eigenvalue weighted by atomic mass is 10.3. The fraction of sp³-hybridized carbons (Fsp3) is 0.273. The molecule has 1 aromatic carbocycles. The van der Waals surface area contributed by atoms with E-state index in [1.165, 1.54) is 16.4 Å². The highest BCUT2D eigenvalue weighted by atomic mass is 35.5. The van der Waals surface area contributed by atoms with E-state index < -0.39 is 0 Å². The van der Waals surface area contributed by atoms with E-state index in [1.807, 2.05) is 0 Å². The van der Waals surface area contributed by atoms with Gasteiger partial charge in [0.2, 0.25) is 11.1 Å². The number of tetrazole rings is 1. The number of thioether (sulfide) groups is 1. The maximum atomic E-state index is 12.1. The minimum Gasteiger partial charge on any atom is -0.324 e. The molecule has 0 aliphatic carbocycles. The van der Waals surface area contributed by atoms with E-state index in [1.54, 1.807) is 32.2 Å². The second-order valence-corrected chi connectivity index (χ2v) is 6.11. The molecule has 0 aliphatic rings. The molecule has 106 valence electrons. The zero-order valence-electron chi connectivity index (χ0n) is 10.7. The van der Waals surface area contributed by atoms with Crippen LogP contribution in [0.15, 0.2) is 23.4 Å². The van der Waals surface area contributed by atoms with Crippen LogP contribution in [0.2, 0.25) is 10.0 Å². The van der Waals surface area contributed by atoms with E-state index in [2.05, 4.69) is 20.8 Å². The van der Waals surface area contributed by atoms with Crippen molar-refractivity contribution in [2.45, 2.75) is 17.3 Å². The van der Waals surface area contributed by atoms with Crippen molar-refractivity contribution in [1.29, 1.82) is 0 Å². The number of carbonyl (C=O) groups excluding carboxylic acids is 1. The Morgan fingerprint density at radius 1 is 1.45 bits per heavy atom. The first kappa shape index (κ1) is 15.1. The third kappa shape index (κ3) is 3.62. The first-order chi connectivity index (χ1) is 9.47. The normalized spacial score (nSPS) is 12.2. The van der Waals surface area contributed by atoms with Crippen LogP contribution in [-0.4, -0.2) is 31.4 Å². The molecule has 0 aliphatic heterocycles. The van der Waals surface area contributed by atoms with E-state index in [0.29, 0.717) is 20.9 Å². The van der Waals surface area contributed by atoms with Gasteiger partial charge in [-0.2, -0.15) is 0 Å².